The second kappa shape index (κ2) is 20.2. The Labute approximate surface area is 478 Å². The Morgan fingerprint density at radius 2 is 1.03 bits per heavy atom. The van der Waals surface area contributed by atoms with Crippen molar-refractivity contribution >= 4 is 44.6 Å². The van der Waals surface area contributed by atoms with Crippen LogP contribution in [0.25, 0.3) is 38.8 Å². The monoisotopic (exact) mass is 1200 g/mol. The molecule has 78 heavy (non-hydrogen) atoms. The van der Waals surface area contributed by atoms with E-state index in [1.165, 1.54) is 38.9 Å². The summed E-state index contributed by atoms with van der Waals surface area (Å²) >= 11 is 0. The molecule has 0 saturated carbocycles. The molecule has 0 radical (unpaired) electrons. The maximum Gasteiger partial charge on any atom is 0.135 e. The Hall–Kier alpha value is -7.20. The maximum atomic E-state index is 7.04. The van der Waals surface area contributed by atoms with E-state index < -0.39 is 0 Å². The zero-order chi connectivity index (χ0) is 54.2. The average Bonchev–Trinajstić information content (AvgIpc) is 4.00. The van der Waals surface area contributed by atoms with Crippen LogP contribution in [0.2, 0.25) is 0 Å². The Balaban J connectivity index is 0.00000688. The summed E-state index contributed by atoms with van der Waals surface area (Å²) in [6, 6.07) is 73.9. The molecule has 0 bridgehead atoms. The molecule has 0 spiro atoms. The van der Waals surface area contributed by atoms with Crippen LogP contribution in [-0.4, -0.2) is 9.55 Å². The minimum Gasteiger partial charge on any atom is -0.509 e. The van der Waals surface area contributed by atoms with Gasteiger partial charge in [0.25, 0.3) is 0 Å². The minimum absolute atomic E-state index is 0. The van der Waals surface area contributed by atoms with Gasteiger partial charge >= 0.3 is 0 Å². The fourth-order valence-electron chi connectivity index (χ4n) is 10.9. The van der Waals surface area contributed by atoms with Gasteiger partial charge in [-0.25, -0.2) is 4.98 Å². The molecule has 398 valence electrons. The summed E-state index contributed by atoms with van der Waals surface area (Å²) in [5.41, 5.74) is 16.1. The van der Waals surface area contributed by atoms with Gasteiger partial charge in [0.15, 0.2) is 0 Å². The van der Waals surface area contributed by atoms with E-state index in [4.69, 9.17) is 9.72 Å². The number of nitrogens with zero attached hydrogens (tertiary/aromatic N) is 4. The number of fused-ring (bicyclic) bond motifs is 4. The number of pyridine rings is 1. The standard InChI is InChI=1S/C72H71N4O.Pt/c1-68(2,3)52-29-33-63-62(42-52)61-32-31-59(46-65(61)76(63)67-44-53(35-36-73-67)69(4,5)6)77-60-41-55(70(7,8)9)39-58(45-60)74-47-75(66-43-54(30-34-64(66)74)71(10,11)50-25-19-15-20-26-50)57-38-49(48-23-17-14-18-24-48)37-56(40-57)72(12,13)51-27-21-16-22-28-51;/h14-44,47H,1-13H3;/q-3;. The molecule has 0 N–H and O–H groups in total. The van der Waals surface area contributed by atoms with Crippen LogP contribution in [0.4, 0.5) is 22.7 Å². The second-order valence-electron chi connectivity index (χ2n) is 25.2. The van der Waals surface area contributed by atoms with E-state index in [0.29, 0.717) is 11.5 Å². The minimum atomic E-state index is -0.294. The van der Waals surface area contributed by atoms with Crippen LogP contribution >= 0.6 is 0 Å². The number of rotatable bonds is 10. The van der Waals surface area contributed by atoms with Crippen molar-refractivity contribution in [1.29, 1.82) is 0 Å². The van der Waals surface area contributed by atoms with Crippen LogP contribution in [0.1, 0.15) is 129 Å². The van der Waals surface area contributed by atoms with Crippen molar-refractivity contribution in [3.05, 3.63) is 246 Å². The van der Waals surface area contributed by atoms with E-state index in [-0.39, 0.29) is 48.1 Å². The molecule has 5 nitrogen and oxygen atoms in total. The van der Waals surface area contributed by atoms with Gasteiger partial charge in [-0.3, -0.25) is 0 Å². The van der Waals surface area contributed by atoms with Crippen LogP contribution in [-0.2, 0) is 48.1 Å². The number of hydrogen-bond donors (Lipinski definition) is 0. The van der Waals surface area contributed by atoms with Gasteiger partial charge in [0.05, 0.1) is 0 Å². The summed E-state index contributed by atoms with van der Waals surface area (Å²) in [4.78, 5) is 9.66. The summed E-state index contributed by atoms with van der Waals surface area (Å²) < 4.78 is 9.29. The van der Waals surface area contributed by atoms with Crippen molar-refractivity contribution in [3.8, 4) is 28.4 Å². The zero-order valence-electron chi connectivity index (χ0n) is 47.5. The fraction of sp³-hybridized carbons (Fsp3) is 0.250. The molecular formula is C72H71N4OPt-3. The number of ether oxygens (including phenoxy) is 1. The second-order valence-corrected chi connectivity index (χ2v) is 25.2. The molecule has 6 heteroatoms. The third-order valence-corrected chi connectivity index (χ3v) is 16.0. The first-order valence-corrected chi connectivity index (χ1v) is 27.2. The fourth-order valence-corrected chi connectivity index (χ4v) is 10.9. The molecule has 10 aromatic rings. The molecule has 0 aliphatic carbocycles. The third-order valence-electron chi connectivity index (χ3n) is 16.0. The summed E-state index contributed by atoms with van der Waals surface area (Å²) in [6.45, 7) is 31.9. The molecule has 1 aliphatic heterocycles. The summed E-state index contributed by atoms with van der Waals surface area (Å²) in [6.07, 6.45) is 1.93. The summed E-state index contributed by atoms with van der Waals surface area (Å²) in [7, 11) is 0. The molecule has 0 fully saturated rings. The van der Waals surface area contributed by atoms with Crippen LogP contribution in [0, 0.1) is 18.8 Å². The first-order valence-electron chi connectivity index (χ1n) is 27.2. The summed E-state index contributed by atoms with van der Waals surface area (Å²) in [5, 5.41) is 2.26. The van der Waals surface area contributed by atoms with E-state index in [2.05, 4.69) is 305 Å². The van der Waals surface area contributed by atoms with E-state index in [1.807, 2.05) is 6.20 Å². The van der Waals surface area contributed by atoms with E-state index in [0.717, 1.165) is 61.5 Å². The molecule has 1 aliphatic rings. The predicted octanol–water partition coefficient (Wildman–Crippen LogP) is 19.2. The quantitative estimate of drug-likeness (QED) is 0.128. The largest absolute Gasteiger partial charge is 0.509 e. The van der Waals surface area contributed by atoms with Gasteiger partial charge in [-0.15, -0.1) is 53.6 Å². The molecule has 0 amide bonds. The molecular weight excluding hydrogens is 1130 g/mol. The number of aromatic nitrogens is 2. The Kier molecular flexibility index (Phi) is 14.0. The van der Waals surface area contributed by atoms with Gasteiger partial charge < -0.3 is 19.1 Å². The predicted molar refractivity (Wildman–Crippen MR) is 323 cm³/mol. The van der Waals surface area contributed by atoms with Gasteiger partial charge in [-0.1, -0.05) is 211 Å². The zero-order valence-corrected chi connectivity index (χ0v) is 49.8. The van der Waals surface area contributed by atoms with E-state index in [9.17, 15) is 0 Å². The van der Waals surface area contributed by atoms with Crippen molar-refractivity contribution in [1.82, 2.24) is 9.55 Å². The molecule has 0 atom stereocenters. The van der Waals surface area contributed by atoms with E-state index in [1.54, 1.807) is 0 Å². The van der Waals surface area contributed by atoms with Crippen molar-refractivity contribution in [3.63, 3.8) is 0 Å². The molecule has 3 heterocycles. The van der Waals surface area contributed by atoms with Gasteiger partial charge in [0.1, 0.15) is 5.82 Å². The molecule has 0 saturated heterocycles. The molecule has 0 unspecified atom stereocenters. The topological polar surface area (TPSA) is 33.5 Å². The summed E-state index contributed by atoms with van der Waals surface area (Å²) in [5.74, 6) is 2.07. The average molecular weight is 1200 g/mol. The number of benzene rings is 8. The first kappa shape index (κ1) is 54.2. The molecule has 8 aromatic carbocycles. The van der Waals surface area contributed by atoms with Gasteiger partial charge in [-0.2, -0.15) is 6.07 Å². The van der Waals surface area contributed by atoms with Crippen LogP contribution < -0.4 is 14.5 Å². The first-order chi connectivity index (χ1) is 36.5. The smallest absolute Gasteiger partial charge is 0.135 e. The van der Waals surface area contributed by atoms with Crippen molar-refractivity contribution in [2.24, 2.45) is 0 Å². The van der Waals surface area contributed by atoms with Crippen LogP contribution in [0.5, 0.6) is 11.5 Å². The number of anilines is 4. The van der Waals surface area contributed by atoms with E-state index >= 15 is 0 Å². The van der Waals surface area contributed by atoms with Gasteiger partial charge in [0, 0.05) is 72.2 Å². The Morgan fingerprint density at radius 3 is 1.67 bits per heavy atom. The van der Waals surface area contributed by atoms with Gasteiger partial charge in [0.2, 0.25) is 0 Å². The Morgan fingerprint density at radius 1 is 0.423 bits per heavy atom. The van der Waals surface area contributed by atoms with Crippen molar-refractivity contribution < 1.29 is 25.8 Å². The normalized spacial score (nSPS) is 13.2. The van der Waals surface area contributed by atoms with Crippen LogP contribution in [0.3, 0.4) is 0 Å². The number of hydrogen-bond acceptors (Lipinski definition) is 4. The van der Waals surface area contributed by atoms with Crippen molar-refractivity contribution in [2.45, 2.75) is 117 Å². The van der Waals surface area contributed by atoms with Crippen LogP contribution in [0.15, 0.2) is 188 Å². The Bertz CT molecular complexity index is 3820. The molecule has 2 aromatic heterocycles. The third kappa shape index (κ3) is 10.2. The van der Waals surface area contributed by atoms with Gasteiger partial charge in [-0.05, 0) is 109 Å². The molecule has 11 rings (SSSR count). The SMILES string of the molecule is CC(C)(C)c1cc(Oc2[c-]c3c(cc2)c2cc(C(C)(C)C)ccc2n3-c2cc(C(C)(C)C)ccn2)[c-]c(N2[CH-]N(c3cc(-c4ccccc4)cc(C(C)(C)c4ccccc4)c3)c3cc(C(C)(C)c4ccccc4)ccc32)c1.[Pt]. The van der Waals surface area contributed by atoms with Crippen molar-refractivity contribution in [2.75, 3.05) is 9.80 Å². The maximum absolute atomic E-state index is 7.04.